The third kappa shape index (κ3) is 2.23. The molecule has 1 aromatic heterocycles. The Morgan fingerprint density at radius 3 is 2.56 bits per heavy atom. The van der Waals surface area contributed by atoms with Crippen LogP contribution in [0.2, 0.25) is 5.02 Å². The van der Waals surface area contributed by atoms with Gasteiger partial charge in [0.15, 0.2) is 11.0 Å². The number of benzene rings is 1. The molecule has 0 fully saturated rings. The second-order valence-corrected chi connectivity index (χ2v) is 4.97. The lowest BCUT2D eigenvalue weighted by molar-refractivity contribution is 0.794. The summed E-state index contributed by atoms with van der Waals surface area (Å²) in [5.74, 6) is 1.86. The summed E-state index contributed by atoms with van der Waals surface area (Å²) in [5.41, 5.74) is 1.03. The van der Waals surface area contributed by atoms with E-state index in [-0.39, 0.29) is 0 Å². The minimum atomic E-state index is 0.731. The van der Waals surface area contributed by atoms with Gasteiger partial charge in [-0.05, 0) is 30.0 Å². The van der Waals surface area contributed by atoms with Gasteiger partial charge in [-0.1, -0.05) is 30.3 Å². The average molecular weight is 254 g/mol. The zero-order valence-corrected chi connectivity index (χ0v) is 10.7. The molecule has 2 aromatic rings. The van der Waals surface area contributed by atoms with Gasteiger partial charge in [0, 0.05) is 17.6 Å². The Morgan fingerprint density at radius 2 is 1.94 bits per heavy atom. The largest absolute Gasteiger partial charge is 0.305 e. The van der Waals surface area contributed by atoms with Gasteiger partial charge in [-0.25, -0.2) is 0 Å². The smallest absolute Gasteiger partial charge is 0.191 e. The number of hydrogen-bond acceptors (Lipinski definition) is 3. The molecule has 0 aliphatic carbocycles. The molecule has 16 heavy (non-hydrogen) atoms. The zero-order valence-electron chi connectivity index (χ0n) is 9.14. The van der Waals surface area contributed by atoms with Crippen molar-refractivity contribution in [1.82, 2.24) is 14.8 Å². The van der Waals surface area contributed by atoms with Crippen LogP contribution in [0.4, 0.5) is 0 Å². The van der Waals surface area contributed by atoms with Crippen LogP contribution in [0, 0.1) is 0 Å². The molecule has 0 aliphatic heterocycles. The highest BCUT2D eigenvalue weighted by Gasteiger charge is 2.09. The fraction of sp³-hybridized carbons (Fsp3) is 0.273. The Morgan fingerprint density at radius 1 is 1.25 bits per heavy atom. The minimum Gasteiger partial charge on any atom is -0.305 e. The van der Waals surface area contributed by atoms with Gasteiger partial charge in [0.25, 0.3) is 0 Å². The Labute approximate surface area is 104 Å². The second kappa shape index (κ2) is 4.89. The molecule has 0 amide bonds. The standard InChI is InChI=1S/C11H12ClN3S/c1-3-16-11-14-13-10(15(11)2)8-4-6-9(12)7-5-8/h4-7H,3H2,1-2H3. The van der Waals surface area contributed by atoms with Gasteiger partial charge >= 0.3 is 0 Å². The Balaban J connectivity index is 2.37. The summed E-state index contributed by atoms with van der Waals surface area (Å²) >= 11 is 7.53. The van der Waals surface area contributed by atoms with E-state index in [2.05, 4.69) is 17.1 Å². The summed E-state index contributed by atoms with van der Waals surface area (Å²) in [5, 5.41) is 10.00. The fourth-order valence-corrected chi connectivity index (χ4v) is 2.18. The molecule has 1 heterocycles. The van der Waals surface area contributed by atoms with Crippen LogP contribution in [0.15, 0.2) is 29.4 Å². The first-order valence-corrected chi connectivity index (χ1v) is 6.37. The molecule has 0 bridgehead atoms. The third-order valence-electron chi connectivity index (χ3n) is 2.21. The van der Waals surface area contributed by atoms with E-state index in [1.54, 1.807) is 11.8 Å². The lowest BCUT2D eigenvalue weighted by Crippen LogP contribution is -1.94. The van der Waals surface area contributed by atoms with Crippen molar-refractivity contribution in [1.29, 1.82) is 0 Å². The van der Waals surface area contributed by atoms with Crippen LogP contribution < -0.4 is 0 Å². The summed E-state index contributed by atoms with van der Waals surface area (Å²) in [6.07, 6.45) is 0. The summed E-state index contributed by atoms with van der Waals surface area (Å²) in [6, 6.07) is 7.62. The van der Waals surface area contributed by atoms with E-state index in [4.69, 9.17) is 11.6 Å². The maximum absolute atomic E-state index is 5.85. The van der Waals surface area contributed by atoms with Crippen LogP contribution in [0.5, 0.6) is 0 Å². The lowest BCUT2D eigenvalue weighted by atomic mass is 10.2. The predicted molar refractivity (Wildman–Crippen MR) is 67.8 cm³/mol. The lowest BCUT2D eigenvalue weighted by Gasteiger charge is -2.02. The molecule has 0 atom stereocenters. The number of nitrogens with zero attached hydrogens (tertiary/aromatic N) is 3. The molecule has 1 aromatic carbocycles. The molecule has 0 radical (unpaired) electrons. The van der Waals surface area contributed by atoms with E-state index in [9.17, 15) is 0 Å². The summed E-state index contributed by atoms with van der Waals surface area (Å²) in [4.78, 5) is 0. The molecule has 3 nitrogen and oxygen atoms in total. The van der Waals surface area contributed by atoms with E-state index in [1.807, 2.05) is 35.9 Å². The number of halogens is 1. The molecular weight excluding hydrogens is 242 g/mol. The topological polar surface area (TPSA) is 30.7 Å². The molecule has 0 aliphatic rings. The van der Waals surface area contributed by atoms with Gasteiger partial charge in [-0.2, -0.15) is 0 Å². The van der Waals surface area contributed by atoms with Crippen LogP contribution in [0.1, 0.15) is 6.92 Å². The molecule has 5 heteroatoms. The third-order valence-corrected chi connectivity index (χ3v) is 3.37. The van der Waals surface area contributed by atoms with Gasteiger partial charge < -0.3 is 4.57 Å². The van der Waals surface area contributed by atoms with E-state index in [1.165, 1.54) is 0 Å². The van der Waals surface area contributed by atoms with Crippen molar-refractivity contribution in [3.05, 3.63) is 29.3 Å². The quantitative estimate of drug-likeness (QED) is 0.787. The molecule has 2 rings (SSSR count). The van der Waals surface area contributed by atoms with Crippen molar-refractivity contribution >= 4 is 23.4 Å². The second-order valence-electron chi connectivity index (χ2n) is 3.31. The van der Waals surface area contributed by atoms with Crippen LogP contribution in [-0.4, -0.2) is 20.5 Å². The minimum absolute atomic E-state index is 0.731. The van der Waals surface area contributed by atoms with Crippen LogP contribution in [0.25, 0.3) is 11.4 Å². The van der Waals surface area contributed by atoms with Gasteiger partial charge in [0.2, 0.25) is 0 Å². The number of rotatable bonds is 3. The van der Waals surface area contributed by atoms with Gasteiger partial charge in [0.1, 0.15) is 0 Å². The summed E-state index contributed by atoms with van der Waals surface area (Å²) < 4.78 is 2.00. The van der Waals surface area contributed by atoms with Crippen molar-refractivity contribution < 1.29 is 0 Å². The molecule has 0 saturated carbocycles. The maximum Gasteiger partial charge on any atom is 0.191 e. The fourth-order valence-electron chi connectivity index (χ4n) is 1.42. The van der Waals surface area contributed by atoms with Crippen molar-refractivity contribution in [3.8, 4) is 11.4 Å². The van der Waals surface area contributed by atoms with Crippen molar-refractivity contribution in [2.75, 3.05) is 5.75 Å². The van der Waals surface area contributed by atoms with E-state index >= 15 is 0 Å². The first-order chi connectivity index (χ1) is 7.72. The highest BCUT2D eigenvalue weighted by atomic mass is 35.5. The first kappa shape index (κ1) is 11.5. The monoisotopic (exact) mass is 253 g/mol. The molecular formula is C11H12ClN3S. The van der Waals surface area contributed by atoms with Crippen LogP contribution >= 0.6 is 23.4 Å². The average Bonchev–Trinajstić information content (AvgIpc) is 2.63. The molecule has 84 valence electrons. The highest BCUT2D eigenvalue weighted by Crippen LogP contribution is 2.23. The van der Waals surface area contributed by atoms with Gasteiger partial charge in [0.05, 0.1) is 0 Å². The van der Waals surface area contributed by atoms with E-state index in [0.29, 0.717) is 0 Å². The van der Waals surface area contributed by atoms with Crippen molar-refractivity contribution in [2.24, 2.45) is 7.05 Å². The summed E-state index contributed by atoms with van der Waals surface area (Å²) in [6.45, 7) is 2.10. The Bertz CT molecular complexity index is 478. The summed E-state index contributed by atoms with van der Waals surface area (Å²) in [7, 11) is 1.97. The van der Waals surface area contributed by atoms with Crippen LogP contribution in [0.3, 0.4) is 0 Å². The van der Waals surface area contributed by atoms with E-state index in [0.717, 1.165) is 27.3 Å². The number of aromatic nitrogens is 3. The van der Waals surface area contributed by atoms with Gasteiger partial charge in [-0.3, -0.25) is 0 Å². The SMILES string of the molecule is CCSc1nnc(-c2ccc(Cl)cc2)n1C. The van der Waals surface area contributed by atoms with E-state index < -0.39 is 0 Å². The Kier molecular flexibility index (Phi) is 3.51. The van der Waals surface area contributed by atoms with Crippen molar-refractivity contribution in [2.45, 2.75) is 12.1 Å². The highest BCUT2D eigenvalue weighted by molar-refractivity contribution is 7.99. The predicted octanol–water partition coefficient (Wildman–Crippen LogP) is 3.25. The normalized spacial score (nSPS) is 10.7. The van der Waals surface area contributed by atoms with Gasteiger partial charge in [-0.15, -0.1) is 10.2 Å². The molecule has 0 spiro atoms. The number of hydrogen-bond donors (Lipinski definition) is 0. The Hall–Kier alpha value is -1.00. The molecule has 0 saturated heterocycles. The van der Waals surface area contributed by atoms with Crippen molar-refractivity contribution in [3.63, 3.8) is 0 Å². The number of thioether (sulfide) groups is 1. The zero-order chi connectivity index (χ0) is 11.5. The molecule has 0 N–H and O–H groups in total. The van der Waals surface area contributed by atoms with Crippen LogP contribution in [-0.2, 0) is 7.05 Å². The first-order valence-electron chi connectivity index (χ1n) is 5.00. The molecule has 0 unspecified atom stereocenters. The maximum atomic E-state index is 5.85.